The van der Waals surface area contributed by atoms with Crippen LogP contribution in [0.5, 0.6) is 0 Å². The maximum absolute atomic E-state index is 10.4. The molecule has 4 heteroatoms. The summed E-state index contributed by atoms with van der Waals surface area (Å²) in [4.78, 5) is 10.4. The number of rotatable bonds is 5. The minimum Gasteiger partial charge on any atom is -0.481 e. The van der Waals surface area contributed by atoms with Gasteiger partial charge in [-0.25, -0.2) is 0 Å². The van der Waals surface area contributed by atoms with Crippen LogP contribution in [0.2, 0.25) is 0 Å². The molecule has 92 valence electrons. The second-order valence-corrected chi connectivity index (χ2v) is 4.11. The Morgan fingerprint density at radius 3 is 2.59 bits per heavy atom. The zero-order valence-electron chi connectivity index (χ0n) is 10.1. The molecule has 0 spiro atoms. The Kier molecular flexibility index (Phi) is 4.69. The average Bonchev–Trinajstić information content (AvgIpc) is 2.28. The maximum atomic E-state index is 10.4. The molecule has 0 unspecified atom stereocenters. The zero-order valence-corrected chi connectivity index (χ0v) is 10.1. The van der Waals surface area contributed by atoms with Crippen molar-refractivity contribution in [1.29, 1.82) is 0 Å². The van der Waals surface area contributed by atoms with Crippen LogP contribution in [0, 0.1) is 13.8 Å². The molecule has 0 amide bonds. The van der Waals surface area contributed by atoms with Gasteiger partial charge in [0.05, 0.1) is 5.71 Å². The van der Waals surface area contributed by atoms with Gasteiger partial charge in [-0.15, -0.1) is 0 Å². The largest absolute Gasteiger partial charge is 0.481 e. The molecule has 0 saturated heterocycles. The number of carbonyl (C=O) groups is 1. The van der Waals surface area contributed by atoms with Gasteiger partial charge < -0.3 is 10.3 Å². The second kappa shape index (κ2) is 6.03. The van der Waals surface area contributed by atoms with E-state index in [1.165, 1.54) is 0 Å². The molecule has 0 saturated carbocycles. The lowest BCUT2D eigenvalue weighted by molar-refractivity contribution is -0.137. The lowest BCUT2D eigenvalue weighted by Gasteiger charge is -2.08. The molecule has 0 fully saturated rings. The van der Waals surface area contributed by atoms with E-state index in [2.05, 4.69) is 5.16 Å². The Balaban J connectivity index is 2.80. The zero-order chi connectivity index (χ0) is 12.8. The van der Waals surface area contributed by atoms with Crippen LogP contribution in [0.25, 0.3) is 0 Å². The molecule has 1 rings (SSSR count). The van der Waals surface area contributed by atoms with Crippen molar-refractivity contribution in [2.45, 2.75) is 33.1 Å². The van der Waals surface area contributed by atoms with Gasteiger partial charge in [0.15, 0.2) is 0 Å². The molecular weight excluding hydrogens is 218 g/mol. The van der Waals surface area contributed by atoms with Crippen molar-refractivity contribution in [2.24, 2.45) is 5.16 Å². The lowest BCUT2D eigenvalue weighted by atomic mass is 9.98. The van der Waals surface area contributed by atoms with Crippen molar-refractivity contribution in [1.82, 2.24) is 0 Å². The Labute approximate surface area is 101 Å². The van der Waals surface area contributed by atoms with Crippen molar-refractivity contribution in [3.8, 4) is 0 Å². The van der Waals surface area contributed by atoms with Crippen LogP contribution in [0.4, 0.5) is 0 Å². The fourth-order valence-corrected chi connectivity index (χ4v) is 1.69. The van der Waals surface area contributed by atoms with E-state index < -0.39 is 5.97 Å². The maximum Gasteiger partial charge on any atom is 0.303 e. The number of nitrogens with zero attached hydrogens (tertiary/aromatic N) is 1. The van der Waals surface area contributed by atoms with Gasteiger partial charge in [0, 0.05) is 12.0 Å². The van der Waals surface area contributed by atoms with Crippen LogP contribution in [-0.2, 0) is 4.79 Å². The summed E-state index contributed by atoms with van der Waals surface area (Å²) in [5, 5.41) is 20.8. The topological polar surface area (TPSA) is 69.9 Å². The average molecular weight is 235 g/mol. The highest BCUT2D eigenvalue weighted by molar-refractivity contribution is 6.01. The number of carboxylic acid groups (broad SMARTS) is 1. The van der Waals surface area contributed by atoms with E-state index in [9.17, 15) is 4.79 Å². The number of aryl methyl sites for hydroxylation is 2. The molecule has 0 bridgehead atoms. The number of benzene rings is 1. The summed E-state index contributed by atoms with van der Waals surface area (Å²) in [7, 11) is 0. The van der Waals surface area contributed by atoms with E-state index in [-0.39, 0.29) is 6.42 Å². The van der Waals surface area contributed by atoms with Gasteiger partial charge in [-0.1, -0.05) is 22.9 Å². The summed E-state index contributed by atoms with van der Waals surface area (Å²) in [5.74, 6) is -0.830. The first-order valence-corrected chi connectivity index (χ1v) is 5.55. The fourth-order valence-electron chi connectivity index (χ4n) is 1.69. The fraction of sp³-hybridized carbons (Fsp3) is 0.385. The molecule has 0 radical (unpaired) electrons. The highest BCUT2D eigenvalue weighted by atomic mass is 16.4. The molecule has 0 aromatic heterocycles. The summed E-state index contributed by atoms with van der Waals surface area (Å²) in [6, 6.07) is 5.91. The van der Waals surface area contributed by atoms with Gasteiger partial charge in [0.2, 0.25) is 0 Å². The number of hydrogen-bond acceptors (Lipinski definition) is 3. The predicted molar refractivity (Wildman–Crippen MR) is 65.7 cm³/mol. The van der Waals surface area contributed by atoms with E-state index in [1.807, 2.05) is 32.0 Å². The standard InChI is InChI=1S/C13H17NO3/c1-9-6-7-10(2)11(8-9)12(14-17)4-3-5-13(15)16/h6-8,17H,3-5H2,1-2H3,(H,15,16). The van der Waals surface area contributed by atoms with Gasteiger partial charge in [-0.05, 0) is 38.3 Å². The normalized spacial score (nSPS) is 11.5. The van der Waals surface area contributed by atoms with Crippen molar-refractivity contribution in [3.63, 3.8) is 0 Å². The number of aliphatic carboxylic acids is 1. The van der Waals surface area contributed by atoms with Gasteiger partial charge >= 0.3 is 5.97 Å². The lowest BCUT2D eigenvalue weighted by Crippen LogP contribution is -2.05. The van der Waals surface area contributed by atoms with Gasteiger partial charge in [-0.2, -0.15) is 0 Å². The summed E-state index contributed by atoms with van der Waals surface area (Å²) in [6.45, 7) is 3.91. The molecule has 2 N–H and O–H groups in total. The van der Waals surface area contributed by atoms with E-state index in [0.29, 0.717) is 18.6 Å². The number of hydrogen-bond donors (Lipinski definition) is 2. The van der Waals surface area contributed by atoms with Crippen LogP contribution < -0.4 is 0 Å². The monoisotopic (exact) mass is 235 g/mol. The minimum absolute atomic E-state index is 0.0872. The smallest absolute Gasteiger partial charge is 0.303 e. The van der Waals surface area contributed by atoms with Crippen molar-refractivity contribution in [3.05, 3.63) is 34.9 Å². The van der Waals surface area contributed by atoms with Gasteiger partial charge in [0.1, 0.15) is 0 Å². The SMILES string of the molecule is Cc1ccc(C)c(C(CCCC(=O)O)=NO)c1. The number of carboxylic acids is 1. The molecule has 0 aliphatic carbocycles. The Bertz CT molecular complexity index is 438. The van der Waals surface area contributed by atoms with Crippen LogP contribution in [0.3, 0.4) is 0 Å². The first kappa shape index (κ1) is 13.2. The molecular formula is C13H17NO3. The third kappa shape index (κ3) is 3.90. The molecule has 17 heavy (non-hydrogen) atoms. The van der Waals surface area contributed by atoms with E-state index in [1.54, 1.807) is 0 Å². The molecule has 0 heterocycles. The quantitative estimate of drug-likeness (QED) is 0.468. The van der Waals surface area contributed by atoms with E-state index >= 15 is 0 Å². The summed E-state index contributed by atoms with van der Waals surface area (Å²) >= 11 is 0. The molecule has 0 aliphatic heterocycles. The first-order chi connectivity index (χ1) is 8.04. The number of oxime groups is 1. The van der Waals surface area contributed by atoms with E-state index in [4.69, 9.17) is 10.3 Å². The van der Waals surface area contributed by atoms with Crippen molar-refractivity contribution < 1.29 is 15.1 Å². The highest BCUT2D eigenvalue weighted by Gasteiger charge is 2.09. The molecule has 4 nitrogen and oxygen atoms in total. The van der Waals surface area contributed by atoms with E-state index in [0.717, 1.165) is 16.7 Å². The third-order valence-electron chi connectivity index (χ3n) is 2.63. The van der Waals surface area contributed by atoms with Gasteiger partial charge in [-0.3, -0.25) is 4.79 Å². The molecule has 1 aromatic carbocycles. The van der Waals surface area contributed by atoms with Gasteiger partial charge in [0.25, 0.3) is 0 Å². The molecule has 0 atom stereocenters. The Hall–Kier alpha value is -1.84. The Morgan fingerprint density at radius 2 is 2.00 bits per heavy atom. The van der Waals surface area contributed by atoms with Crippen molar-refractivity contribution >= 4 is 11.7 Å². The third-order valence-corrected chi connectivity index (χ3v) is 2.63. The summed E-state index contributed by atoms with van der Waals surface area (Å²) in [5.41, 5.74) is 3.55. The predicted octanol–water partition coefficient (Wildman–Crippen LogP) is 2.74. The van der Waals surface area contributed by atoms with Crippen LogP contribution in [0.15, 0.2) is 23.4 Å². The summed E-state index contributed by atoms with van der Waals surface area (Å²) in [6.07, 6.45) is 1.03. The highest BCUT2D eigenvalue weighted by Crippen LogP contribution is 2.15. The molecule has 0 aliphatic rings. The summed E-state index contributed by atoms with van der Waals surface area (Å²) < 4.78 is 0. The van der Waals surface area contributed by atoms with Crippen LogP contribution in [-0.4, -0.2) is 22.0 Å². The molecule has 1 aromatic rings. The van der Waals surface area contributed by atoms with Crippen molar-refractivity contribution in [2.75, 3.05) is 0 Å². The first-order valence-electron chi connectivity index (χ1n) is 5.55. The van der Waals surface area contributed by atoms with Crippen LogP contribution in [0.1, 0.15) is 36.0 Å². The Morgan fingerprint density at radius 1 is 1.29 bits per heavy atom. The second-order valence-electron chi connectivity index (χ2n) is 4.11. The van der Waals surface area contributed by atoms with Crippen LogP contribution >= 0.6 is 0 Å². The minimum atomic E-state index is -0.830.